The molecule has 1 fully saturated rings. The largest absolute Gasteiger partial charge is 0.348 e. The summed E-state index contributed by atoms with van der Waals surface area (Å²) in [6.07, 6.45) is 2.54. The number of nitrogens with zero attached hydrogens (tertiary/aromatic N) is 1. The van der Waals surface area contributed by atoms with Gasteiger partial charge in [0.25, 0.3) is 5.91 Å². The van der Waals surface area contributed by atoms with Gasteiger partial charge in [-0.15, -0.1) is 0 Å². The lowest BCUT2D eigenvalue weighted by Gasteiger charge is -2.17. The van der Waals surface area contributed by atoms with Crippen LogP contribution < -0.4 is 10.6 Å². The van der Waals surface area contributed by atoms with Gasteiger partial charge < -0.3 is 10.6 Å². The molecule has 0 bridgehead atoms. The van der Waals surface area contributed by atoms with E-state index >= 15 is 0 Å². The van der Waals surface area contributed by atoms with Gasteiger partial charge in [-0.2, -0.15) is 0 Å². The maximum Gasteiger partial charge on any atom is 0.251 e. The second kappa shape index (κ2) is 8.63. The first-order valence-electron chi connectivity index (χ1n) is 9.07. The Hall–Kier alpha value is -2.66. The summed E-state index contributed by atoms with van der Waals surface area (Å²) in [4.78, 5) is 25.9. The molecular weight excluding hydrogens is 326 g/mol. The number of likely N-dealkylation sites (tertiary alicyclic amines) is 1. The molecule has 1 aliphatic rings. The molecule has 1 heterocycles. The predicted molar refractivity (Wildman–Crippen MR) is 103 cm³/mol. The Morgan fingerprint density at radius 1 is 0.962 bits per heavy atom. The maximum atomic E-state index is 12.4. The minimum atomic E-state index is -0.128. The van der Waals surface area contributed by atoms with E-state index in [-0.39, 0.29) is 11.8 Å². The van der Waals surface area contributed by atoms with Crippen LogP contribution in [0.5, 0.6) is 0 Å². The molecule has 0 aliphatic carbocycles. The highest BCUT2D eigenvalue weighted by Gasteiger charge is 2.14. The fraction of sp³-hybridized carbons (Fsp3) is 0.333. The minimum absolute atomic E-state index is 0.115. The van der Waals surface area contributed by atoms with Crippen molar-refractivity contribution in [2.24, 2.45) is 0 Å². The van der Waals surface area contributed by atoms with Crippen LogP contribution in [0.3, 0.4) is 0 Å². The van der Waals surface area contributed by atoms with Crippen molar-refractivity contribution in [2.75, 3.05) is 18.4 Å². The zero-order valence-electron chi connectivity index (χ0n) is 15.1. The van der Waals surface area contributed by atoms with Crippen molar-refractivity contribution in [1.29, 1.82) is 0 Å². The number of rotatable bonds is 6. The van der Waals surface area contributed by atoms with Crippen molar-refractivity contribution >= 4 is 17.5 Å². The van der Waals surface area contributed by atoms with Gasteiger partial charge in [0, 0.05) is 31.3 Å². The van der Waals surface area contributed by atoms with Crippen LogP contribution in [0.25, 0.3) is 0 Å². The summed E-state index contributed by atoms with van der Waals surface area (Å²) in [6, 6.07) is 15.2. The van der Waals surface area contributed by atoms with Crippen LogP contribution in [-0.4, -0.2) is 29.8 Å². The van der Waals surface area contributed by atoms with E-state index in [1.807, 2.05) is 6.07 Å². The van der Waals surface area contributed by atoms with Gasteiger partial charge in [-0.3, -0.25) is 14.5 Å². The van der Waals surface area contributed by atoms with E-state index in [2.05, 4.69) is 33.7 Å². The van der Waals surface area contributed by atoms with E-state index in [4.69, 9.17) is 0 Å². The molecular formula is C21H25N3O2. The normalized spacial score (nSPS) is 14.2. The molecule has 0 aromatic heterocycles. The van der Waals surface area contributed by atoms with Gasteiger partial charge in [-0.05, 0) is 61.3 Å². The van der Waals surface area contributed by atoms with Gasteiger partial charge in [-0.25, -0.2) is 0 Å². The van der Waals surface area contributed by atoms with Gasteiger partial charge in [0.15, 0.2) is 0 Å². The van der Waals surface area contributed by atoms with E-state index in [0.717, 1.165) is 25.2 Å². The van der Waals surface area contributed by atoms with Crippen molar-refractivity contribution in [2.45, 2.75) is 32.9 Å². The lowest BCUT2D eigenvalue weighted by atomic mass is 10.1. The van der Waals surface area contributed by atoms with Crippen LogP contribution in [0, 0.1) is 0 Å². The van der Waals surface area contributed by atoms with E-state index in [1.54, 1.807) is 24.3 Å². The summed E-state index contributed by atoms with van der Waals surface area (Å²) in [5.74, 6) is -0.243. The SMILES string of the molecule is CC(=O)Nc1ccc(C(=O)NCc2ccccc2CN2CCCC2)cc1. The van der Waals surface area contributed by atoms with Gasteiger partial charge >= 0.3 is 0 Å². The van der Waals surface area contributed by atoms with Crippen molar-refractivity contribution in [3.63, 3.8) is 0 Å². The molecule has 0 saturated carbocycles. The lowest BCUT2D eigenvalue weighted by molar-refractivity contribution is -0.114. The highest BCUT2D eigenvalue weighted by atomic mass is 16.2. The topological polar surface area (TPSA) is 61.4 Å². The summed E-state index contributed by atoms with van der Waals surface area (Å²) in [6.45, 7) is 5.22. The van der Waals surface area contributed by atoms with Crippen molar-refractivity contribution < 1.29 is 9.59 Å². The van der Waals surface area contributed by atoms with Crippen LogP contribution in [0.15, 0.2) is 48.5 Å². The molecule has 26 heavy (non-hydrogen) atoms. The summed E-state index contributed by atoms with van der Waals surface area (Å²) in [5, 5.41) is 5.69. The zero-order valence-corrected chi connectivity index (χ0v) is 15.1. The summed E-state index contributed by atoms with van der Waals surface area (Å²) in [7, 11) is 0. The average Bonchev–Trinajstić information content (AvgIpc) is 3.14. The highest BCUT2D eigenvalue weighted by Crippen LogP contribution is 2.16. The fourth-order valence-corrected chi connectivity index (χ4v) is 3.25. The summed E-state index contributed by atoms with van der Waals surface area (Å²) >= 11 is 0. The molecule has 1 aliphatic heterocycles. The molecule has 136 valence electrons. The molecule has 2 aromatic rings. The van der Waals surface area contributed by atoms with Crippen LogP contribution in [0.1, 0.15) is 41.3 Å². The van der Waals surface area contributed by atoms with Crippen molar-refractivity contribution in [3.05, 3.63) is 65.2 Å². The molecule has 0 radical (unpaired) electrons. The Bertz CT molecular complexity index is 765. The van der Waals surface area contributed by atoms with Gasteiger partial charge in [-0.1, -0.05) is 24.3 Å². The first kappa shape index (κ1) is 18.1. The Morgan fingerprint density at radius 3 is 2.27 bits per heavy atom. The molecule has 1 saturated heterocycles. The maximum absolute atomic E-state index is 12.4. The number of amides is 2. The highest BCUT2D eigenvalue weighted by molar-refractivity contribution is 5.95. The molecule has 2 N–H and O–H groups in total. The third-order valence-corrected chi connectivity index (χ3v) is 4.62. The molecule has 5 nitrogen and oxygen atoms in total. The third-order valence-electron chi connectivity index (χ3n) is 4.62. The predicted octanol–water partition coefficient (Wildman–Crippen LogP) is 3.17. The van der Waals surface area contributed by atoms with Crippen molar-refractivity contribution in [1.82, 2.24) is 10.2 Å². The molecule has 0 atom stereocenters. The number of carbonyl (C=O) groups is 2. The first-order valence-corrected chi connectivity index (χ1v) is 9.07. The molecule has 0 spiro atoms. The second-order valence-corrected chi connectivity index (χ2v) is 6.69. The van der Waals surface area contributed by atoms with E-state index in [1.165, 1.54) is 25.3 Å². The van der Waals surface area contributed by atoms with E-state index in [9.17, 15) is 9.59 Å². The molecule has 2 amide bonds. The van der Waals surface area contributed by atoms with Gasteiger partial charge in [0.05, 0.1) is 0 Å². The quantitative estimate of drug-likeness (QED) is 0.840. The molecule has 5 heteroatoms. The Morgan fingerprint density at radius 2 is 1.62 bits per heavy atom. The Kier molecular flexibility index (Phi) is 6.02. The molecule has 3 rings (SSSR count). The number of carbonyl (C=O) groups excluding carboxylic acids is 2. The molecule has 0 unspecified atom stereocenters. The third kappa shape index (κ3) is 4.92. The second-order valence-electron chi connectivity index (χ2n) is 6.69. The monoisotopic (exact) mass is 351 g/mol. The first-order chi connectivity index (χ1) is 12.6. The minimum Gasteiger partial charge on any atom is -0.348 e. The average molecular weight is 351 g/mol. The fourth-order valence-electron chi connectivity index (χ4n) is 3.25. The van der Waals surface area contributed by atoms with Gasteiger partial charge in [0.1, 0.15) is 0 Å². The smallest absolute Gasteiger partial charge is 0.251 e. The standard InChI is InChI=1S/C21H25N3O2/c1-16(25)23-20-10-8-17(9-11-20)21(26)22-14-18-6-2-3-7-19(18)15-24-12-4-5-13-24/h2-3,6-11H,4-5,12-15H2,1H3,(H,22,26)(H,23,25). The van der Waals surface area contributed by atoms with Crippen LogP contribution in [0.4, 0.5) is 5.69 Å². The van der Waals surface area contributed by atoms with Crippen molar-refractivity contribution in [3.8, 4) is 0 Å². The van der Waals surface area contributed by atoms with Crippen LogP contribution >= 0.6 is 0 Å². The van der Waals surface area contributed by atoms with Gasteiger partial charge in [0.2, 0.25) is 5.91 Å². The lowest BCUT2D eigenvalue weighted by Crippen LogP contribution is -2.25. The summed E-state index contributed by atoms with van der Waals surface area (Å²) < 4.78 is 0. The van der Waals surface area contributed by atoms with Crippen LogP contribution in [0.2, 0.25) is 0 Å². The summed E-state index contributed by atoms with van der Waals surface area (Å²) in [5.41, 5.74) is 3.69. The Labute approximate surface area is 154 Å². The number of hydrogen-bond acceptors (Lipinski definition) is 3. The zero-order chi connectivity index (χ0) is 18.4. The van der Waals surface area contributed by atoms with Crippen LogP contribution in [-0.2, 0) is 17.9 Å². The molecule has 2 aromatic carbocycles. The van der Waals surface area contributed by atoms with E-state index < -0.39 is 0 Å². The number of benzene rings is 2. The number of anilines is 1. The Balaban J connectivity index is 1.59. The number of hydrogen-bond donors (Lipinski definition) is 2. The number of nitrogens with one attached hydrogen (secondary N) is 2. The van der Waals surface area contributed by atoms with E-state index in [0.29, 0.717) is 17.8 Å².